The zero-order chi connectivity index (χ0) is 40.7. The second-order valence-electron chi connectivity index (χ2n) is 21.7. The summed E-state index contributed by atoms with van der Waals surface area (Å²) in [6, 6.07) is 28.2. The van der Waals surface area contributed by atoms with Crippen molar-refractivity contribution in [2.45, 2.75) is 138 Å². The lowest BCUT2D eigenvalue weighted by molar-refractivity contribution is 0.0184. The molecule has 2 aromatic heterocycles. The van der Waals surface area contributed by atoms with Gasteiger partial charge in [-0.2, -0.15) is 0 Å². The van der Waals surface area contributed by atoms with Gasteiger partial charge in [-0.25, -0.2) is 0 Å². The first-order valence-electron chi connectivity index (χ1n) is 23.4. The van der Waals surface area contributed by atoms with Crippen LogP contribution >= 0.6 is 15.8 Å². The Bertz CT molecular complexity index is 2160. The van der Waals surface area contributed by atoms with Gasteiger partial charge in [-0.1, -0.05) is 108 Å². The van der Waals surface area contributed by atoms with Crippen molar-refractivity contribution in [3.63, 3.8) is 0 Å². The van der Waals surface area contributed by atoms with E-state index >= 15 is 0 Å². The first-order chi connectivity index (χ1) is 29.1. The van der Waals surface area contributed by atoms with Crippen molar-refractivity contribution >= 4 is 26.7 Å². The Morgan fingerprint density at radius 3 is 1.22 bits per heavy atom. The predicted molar refractivity (Wildman–Crippen MR) is 250 cm³/mol. The van der Waals surface area contributed by atoms with Crippen LogP contribution in [0.5, 0.6) is 0 Å². The molecule has 6 heteroatoms. The summed E-state index contributed by atoms with van der Waals surface area (Å²) in [5, 5.41) is 1.09. The van der Waals surface area contributed by atoms with Gasteiger partial charge in [0.05, 0.1) is 23.3 Å². The predicted octanol–water partition coefficient (Wildman–Crippen LogP) is 12.5. The van der Waals surface area contributed by atoms with E-state index in [2.05, 4.69) is 110 Å². The third-order valence-corrected chi connectivity index (χ3v) is 23.4. The molecule has 0 radical (unpaired) electrons. The highest BCUT2D eigenvalue weighted by atomic mass is 31.1. The minimum Gasteiger partial charge on any atom is -0.261 e. The summed E-state index contributed by atoms with van der Waals surface area (Å²) in [6.45, 7) is 9.94. The first kappa shape index (κ1) is 39.5. The van der Waals surface area contributed by atoms with E-state index in [1.807, 2.05) is 37.2 Å². The van der Waals surface area contributed by atoms with Gasteiger partial charge in [0.15, 0.2) is 0 Å². The van der Waals surface area contributed by atoms with E-state index in [-0.39, 0.29) is 18.8 Å². The van der Waals surface area contributed by atoms with Crippen LogP contribution in [0.4, 0.5) is 0 Å². The molecule has 60 heavy (non-hydrogen) atoms. The summed E-state index contributed by atoms with van der Waals surface area (Å²) < 4.78 is 0. The average Bonchev–Trinajstić information content (AvgIpc) is 3.25. The van der Waals surface area contributed by atoms with Crippen LogP contribution in [0, 0.1) is 35.5 Å². The van der Waals surface area contributed by atoms with Gasteiger partial charge in [-0.05, 0) is 162 Å². The Balaban J connectivity index is 1.14. The maximum absolute atomic E-state index is 5.01. The summed E-state index contributed by atoms with van der Waals surface area (Å²) in [7, 11) is -1.21. The minimum atomic E-state index is -0.947. The van der Waals surface area contributed by atoms with Crippen LogP contribution in [-0.4, -0.2) is 30.2 Å². The number of hydrogen-bond acceptors (Lipinski definition) is 4. The van der Waals surface area contributed by atoms with Gasteiger partial charge in [0, 0.05) is 49.7 Å². The van der Waals surface area contributed by atoms with Crippen molar-refractivity contribution < 1.29 is 0 Å². The molecule has 8 aliphatic carbocycles. The van der Waals surface area contributed by atoms with Crippen LogP contribution in [0.15, 0.2) is 110 Å². The maximum atomic E-state index is 5.01. The number of hydrogen-bond donors (Lipinski definition) is 0. The van der Waals surface area contributed by atoms with Gasteiger partial charge in [-0.15, -0.1) is 0 Å². The molecule has 0 unspecified atom stereocenters. The Hall–Kier alpha value is -3.32. The lowest BCUT2D eigenvalue weighted by atomic mass is 9.55. The smallest absolute Gasteiger partial charge is 0.0877 e. The van der Waals surface area contributed by atoms with Crippen LogP contribution in [-0.2, 0) is 23.2 Å². The van der Waals surface area contributed by atoms with Gasteiger partial charge in [0.25, 0.3) is 0 Å². The molecule has 0 spiro atoms. The minimum absolute atomic E-state index is 0.194. The largest absolute Gasteiger partial charge is 0.261 e. The van der Waals surface area contributed by atoms with Crippen molar-refractivity contribution in [2.24, 2.45) is 35.5 Å². The van der Waals surface area contributed by atoms with Crippen LogP contribution in [0.1, 0.15) is 138 Å². The summed E-state index contributed by atoms with van der Waals surface area (Å²) in [6.07, 6.45) is 31.8. The quantitative estimate of drug-likeness (QED) is 0.118. The molecule has 0 aliphatic heterocycles. The number of nitrogens with zero attached hydrogens (tertiary/aromatic N) is 4. The maximum Gasteiger partial charge on any atom is 0.0877 e. The zero-order valence-electron chi connectivity index (χ0n) is 36.4. The molecule has 8 bridgehead atoms. The fraction of sp³-hybridized carbons (Fsp3) is 0.519. The summed E-state index contributed by atoms with van der Waals surface area (Å²) in [5.41, 5.74) is 10.5. The van der Waals surface area contributed by atoms with Gasteiger partial charge in [0.2, 0.25) is 0 Å². The molecule has 4 nitrogen and oxygen atoms in total. The molecule has 8 aliphatic rings. The van der Waals surface area contributed by atoms with Gasteiger partial charge >= 0.3 is 0 Å². The Morgan fingerprint density at radius 2 is 0.867 bits per heavy atom. The Kier molecular flexibility index (Phi) is 10.0. The lowest BCUT2D eigenvalue weighted by Gasteiger charge is -2.67. The number of aromatic nitrogens is 4. The molecular weight excluding hydrogens is 767 g/mol. The highest BCUT2D eigenvalue weighted by Gasteiger charge is 2.62. The third-order valence-electron chi connectivity index (χ3n) is 17.1. The fourth-order valence-corrected chi connectivity index (χ4v) is 22.4. The van der Waals surface area contributed by atoms with Crippen molar-refractivity contribution in [2.75, 3.05) is 0 Å². The summed E-state index contributed by atoms with van der Waals surface area (Å²) in [5.74, 6) is 5.82. The second kappa shape index (κ2) is 15.2. The lowest BCUT2D eigenvalue weighted by Crippen LogP contribution is -2.56. The normalized spacial score (nSPS) is 30.9. The van der Waals surface area contributed by atoms with E-state index in [1.54, 1.807) is 5.56 Å². The van der Waals surface area contributed by atoms with E-state index in [0.717, 1.165) is 52.5 Å². The second-order valence-corrected chi connectivity index (χ2v) is 26.9. The van der Waals surface area contributed by atoms with E-state index in [1.165, 1.54) is 111 Å². The highest BCUT2D eigenvalue weighted by Crippen LogP contribution is 2.80. The zero-order valence-corrected chi connectivity index (χ0v) is 38.2. The van der Waals surface area contributed by atoms with E-state index in [9.17, 15) is 0 Å². The molecule has 5 aromatic rings. The van der Waals surface area contributed by atoms with Gasteiger partial charge in [0.1, 0.15) is 0 Å². The molecule has 0 amide bonds. The highest BCUT2D eigenvalue weighted by molar-refractivity contribution is 7.71. The molecule has 0 saturated heterocycles. The van der Waals surface area contributed by atoms with Crippen LogP contribution < -0.4 is 10.9 Å². The fourth-order valence-electron chi connectivity index (χ4n) is 15.1. The van der Waals surface area contributed by atoms with Crippen LogP contribution in [0.3, 0.4) is 0 Å². The molecule has 8 saturated carbocycles. The standard InChI is InChI=1S/C54H64N4P2/c1-51(2,45-11-7-5-8-12-45)47-25-43(35-59(49-33-55-15-17-57-49)50-34-56-16-18-58-50)44(26-48(47)52(3,4)46-13-9-6-10-14-46)36-60(53-27-37-19-38(28-53)21-39(20-37)29-53)54-30-40-22-41(31-54)24-42(23-40)32-54/h5-18,25-26,33-34,37-42H,19-24,27-32,35-36H2,1-4H3. The molecule has 8 fully saturated rings. The van der Waals surface area contributed by atoms with Gasteiger partial charge < -0.3 is 0 Å². The van der Waals surface area contributed by atoms with E-state index in [0.29, 0.717) is 10.3 Å². The Morgan fingerprint density at radius 1 is 0.500 bits per heavy atom. The molecule has 3 aromatic carbocycles. The molecular formula is C54H64N4P2. The van der Waals surface area contributed by atoms with Crippen molar-refractivity contribution in [1.29, 1.82) is 0 Å². The van der Waals surface area contributed by atoms with Crippen molar-refractivity contribution in [3.8, 4) is 0 Å². The third kappa shape index (κ3) is 6.94. The summed E-state index contributed by atoms with van der Waals surface area (Å²) in [4.78, 5) is 19.3. The van der Waals surface area contributed by atoms with Crippen LogP contribution in [0.25, 0.3) is 0 Å². The Labute approximate surface area is 362 Å². The van der Waals surface area contributed by atoms with Crippen molar-refractivity contribution in [1.82, 2.24) is 19.9 Å². The monoisotopic (exact) mass is 830 g/mol. The molecule has 0 atom stereocenters. The first-order valence-corrected chi connectivity index (χ1v) is 26.5. The summed E-state index contributed by atoms with van der Waals surface area (Å²) >= 11 is 0. The molecule has 0 N–H and O–H groups in total. The molecule has 2 heterocycles. The van der Waals surface area contributed by atoms with Crippen LogP contribution in [0.2, 0.25) is 0 Å². The number of benzene rings is 3. The van der Waals surface area contributed by atoms with E-state index in [4.69, 9.17) is 9.97 Å². The van der Waals surface area contributed by atoms with Gasteiger partial charge in [-0.3, -0.25) is 19.9 Å². The SMILES string of the molecule is CC(C)(c1ccccc1)c1cc(CP(c2cnccn2)c2cnccn2)c(CP(C23CC4CC(CC(C4)C2)C3)C23CC4CC(CC(C4)C2)C3)cc1C(C)(C)c1ccccc1. The van der Waals surface area contributed by atoms with E-state index < -0.39 is 7.92 Å². The molecule has 13 rings (SSSR count). The topological polar surface area (TPSA) is 51.6 Å². The molecule has 310 valence electrons. The average molecular weight is 831 g/mol. The number of rotatable bonds is 12. The van der Waals surface area contributed by atoms with Crippen molar-refractivity contribution in [3.05, 3.63) is 143 Å².